The van der Waals surface area contributed by atoms with Crippen molar-refractivity contribution in [2.24, 2.45) is 0 Å². The molecule has 0 saturated carbocycles. The smallest absolute Gasteiger partial charge is 0.407 e. The van der Waals surface area contributed by atoms with Crippen molar-refractivity contribution >= 4 is 6.09 Å². The van der Waals surface area contributed by atoms with Gasteiger partial charge < -0.3 is 24.8 Å². The molecule has 0 spiro atoms. The predicted octanol–water partition coefficient (Wildman–Crippen LogP) is 1.68. The van der Waals surface area contributed by atoms with E-state index in [1.165, 1.54) is 0 Å². The molecule has 1 aromatic carbocycles. The summed E-state index contributed by atoms with van der Waals surface area (Å²) in [5.41, 5.74) is 1.01. The van der Waals surface area contributed by atoms with Crippen molar-refractivity contribution in [3.63, 3.8) is 0 Å². The van der Waals surface area contributed by atoms with Crippen LogP contribution >= 0.6 is 0 Å². The van der Waals surface area contributed by atoms with Gasteiger partial charge in [0, 0.05) is 18.2 Å². The summed E-state index contributed by atoms with van der Waals surface area (Å²) in [5.74, 6) is 1.37. The van der Waals surface area contributed by atoms with Gasteiger partial charge in [-0.25, -0.2) is 4.79 Å². The van der Waals surface area contributed by atoms with E-state index < -0.39 is 6.09 Å². The van der Waals surface area contributed by atoms with Crippen molar-refractivity contribution in [1.29, 1.82) is 0 Å². The molecule has 1 fully saturated rings. The number of amides is 1. The summed E-state index contributed by atoms with van der Waals surface area (Å²) >= 11 is 0. The van der Waals surface area contributed by atoms with Crippen LogP contribution in [0.3, 0.4) is 0 Å². The fraction of sp³-hybridized carbons (Fsp3) is 0.533. The first kappa shape index (κ1) is 15.4. The number of para-hydroxylation sites is 1. The van der Waals surface area contributed by atoms with Crippen LogP contribution in [0.5, 0.6) is 11.5 Å². The molecule has 0 bridgehead atoms. The molecule has 2 rings (SSSR count). The quantitative estimate of drug-likeness (QED) is 0.801. The third-order valence-electron chi connectivity index (χ3n) is 3.14. The Labute approximate surface area is 124 Å². The zero-order valence-corrected chi connectivity index (χ0v) is 12.6. The number of nitrogens with one attached hydrogen (secondary N) is 2. The van der Waals surface area contributed by atoms with Crippen molar-refractivity contribution in [1.82, 2.24) is 10.6 Å². The van der Waals surface area contributed by atoms with Crippen LogP contribution in [-0.4, -0.2) is 38.5 Å². The van der Waals surface area contributed by atoms with Gasteiger partial charge in [0.05, 0.1) is 13.7 Å². The Kier molecular flexibility index (Phi) is 5.27. The van der Waals surface area contributed by atoms with E-state index in [1.54, 1.807) is 7.11 Å². The molecule has 1 unspecified atom stereocenters. The van der Waals surface area contributed by atoms with Crippen molar-refractivity contribution in [2.75, 3.05) is 20.3 Å². The average Bonchev–Trinajstić information content (AvgIpc) is 2.88. The second-order valence-electron chi connectivity index (χ2n) is 5.20. The molecule has 6 nitrogen and oxygen atoms in total. The van der Waals surface area contributed by atoms with Crippen molar-refractivity contribution < 1.29 is 19.0 Å². The number of alkyl carbamates (subject to hydrolysis) is 1. The lowest BCUT2D eigenvalue weighted by atomic mass is 10.1. The number of benzene rings is 1. The lowest BCUT2D eigenvalue weighted by Crippen LogP contribution is -2.24. The van der Waals surface area contributed by atoms with Gasteiger partial charge in [-0.1, -0.05) is 26.0 Å². The van der Waals surface area contributed by atoms with Crippen LogP contribution in [0.4, 0.5) is 4.79 Å². The summed E-state index contributed by atoms with van der Waals surface area (Å²) in [6, 6.07) is 6.16. The molecule has 0 radical (unpaired) electrons. The van der Waals surface area contributed by atoms with Crippen LogP contribution in [0, 0.1) is 0 Å². The van der Waals surface area contributed by atoms with Gasteiger partial charge >= 0.3 is 6.09 Å². The fourth-order valence-corrected chi connectivity index (χ4v) is 2.04. The van der Waals surface area contributed by atoms with E-state index in [2.05, 4.69) is 24.5 Å². The Morgan fingerprint density at radius 3 is 2.90 bits per heavy atom. The maximum Gasteiger partial charge on any atom is 0.407 e. The molecule has 116 valence electrons. The summed E-state index contributed by atoms with van der Waals surface area (Å²) < 4.78 is 16.3. The highest BCUT2D eigenvalue weighted by molar-refractivity contribution is 5.69. The number of hydrogen-bond donors (Lipinski definition) is 2. The molecular formula is C15H22N2O4. The SMILES string of the molecule is COc1cccc(CNC(C)C)c1OCC1CNC(=O)O1. The third-order valence-corrected chi connectivity index (χ3v) is 3.14. The normalized spacial score (nSPS) is 17.5. The first-order chi connectivity index (χ1) is 10.1. The van der Waals surface area contributed by atoms with Crippen molar-refractivity contribution in [3.05, 3.63) is 23.8 Å². The minimum Gasteiger partial charge on any atom is -0.493 e. The molecule has 21 heavy (non-hydrogen) atoms. The van der Waals surface area contributed by atoms with E-state index in [4.69, 9.17) is 14.2 Å². The summed E-state index contributed by atoms with van der Waals surface area (Å²) in [5, 5.41) is 5.96. The average molecular weight is 294 g/mol. The second kappa shape index (κ2) is 7.17. The van der Waals surface area contributed by atoms with E-state index >= 15 is 0 Å². The van der Waals surface area contributed by atoms with E-state index in [0.717, 1.165) is 5.56 Å². The summed E-state index contributed by atoms with van der Waals surface area (Å²) in [6.07, 6.45) is -0.668. The molecule has 1 aromatic rings. The van der Waals surface area contributed by atoms with Gasteiger partial charge in [0.2, 0.25) is 0 Å². The highest BCUT2D eigenvalue weighted by Gasteiger charge is 2.24. The maximum absolute atomic E-state index is 11.0. The monoisotopic (exact) mass is 294 g/mol. The van der Waals surface area contributed by atoms with E-state index in [-0.39, 0.29) is 6.10 Å². The van der Waals surface area contributed by atoms with Crippen LogP contribution in [0.2, 0.25) is 0 Å². The lowest BCUT2D eigenvalue weighted by molar-refractivity contribution is 0.103. The van der Waals surface area contributed by atoms with E-state index in [1.807, 2.05) is 18.2 Å². The molecular weight excluding hydrogens is 272 g/mol. The highest BCUT2D eigenvalue weighted by Crippen LogP contribution is 2.31. The summed E-state index contributed by atoms with van der Waals surface area (Å²) in [7, 11) is 1.61. The molecule has 2 N–H and O–H groups in total. The minimum atomic E-state index is -0.398. The topological polar surface area (TPSA) is 68.8 Å². The van der Waals surface area contributed by atoms with Gasteiger partial charge in [-0.05, 0) is 6.07 Å². The van der Waals surface area contributed by atoms with Gasteiger partial charge in [0.1, 0.15) is 6.61 Å². The number of methoxy groups -OCH3 is 1. The first-order valence-corrected chi connectivity index (χ1v) is 7.06. The van der Waals surface area contributed by atoms with Crippen LogP contribution < -0.4 is 20.1 Å². The van der Waals surface area contributed by atoms with E-state index in [9.17, 15) is 4.79 Å². The molecule has 1 amide bonds. The summed E-state index contributed by atoms with van der Waals surface area (Å²) in [6.45, 7) is 5.63. The molecule has 0 aliphatic carbocycles. The molecule has 0 aromatic heterocycles. The number of carbonyl (C=O) groups excluding carboxylic acids is 1. The van der Waals surface area contributed by atoms with Crippen molar-refractivity contribution in [2.45, 2.75) is 32.5 Å². The molecule has 6 heteroatoms. The number of cyclic esters (lactones) is 1. The largest absolute Gasteiger partial charge is 0.493 e. The molecule has 1 aliphatic heterocycles. The maximum atomic E-state index is 11.0. The molecule has 1 atom stereocenters. The fourth-order valence-electron chi connectivity index (χ4n) is 2.04. The Balaban J connectivity index is 2.05. The Morgan fingerprint density at radius 2 is 2.29 bits per heavy atom. The second-order valence-corrected chi connectivity index (χ2v) is 5.20. The molecule has 1 aliphatic rings. The third kappa shape index (κ3) is 4.26. The van der Waals surface area contributed by atoms with Crippen LogP contribution in [-0.2, 0) is 11.3 Å². The number of rotatable bonds is 7. The summed E-state index contributed by atoms with van der Waals surface area (Å²) in [4.78, 5) is 11.0. The number of ether oxygens (including phenoxy) is 3. The van der Waals surface area contributed by atoms with Crippen LogP contribution in [0.25, 0.3) is 0 Å². The van der Waals surface area contributed by atoms with Gasteiger partial charge in [0.15, 0.2) is 17.6 Å². The standard InChI is InChI=1S/C15H22N2O4/c1-10(2)16-7-11-5-4-6-13(19-3)14(11)20-9-12-8-17-15(18)21-12/h4-6,10,12,16H,7-9H2,1-3H3,(H,17,18). The van der Waals surface area contributed by atoms with Gasteiger partial charge in [-0.3, -0.25) is 0 Å². The van der Waals surface area contributed by atoms with Gasteiger partial charge in [0.25, 0.3) is 0 Å². The Hall–Kier alpha value is -1.95. The van der Waals surface area contributed by atoms with Crippen LogP contribution in [0.15, 0.2) is 18.2 Å². The number of hydrogen-bond acceptors (Lipinski definition) is 5. The Bertz CT molecular complexity index is 491. The van der Waals surface area contributed by atoms with Gasteiger partial charge in [-0.15, -0.1) is 0 Å². The minimum absolute atomic E-state index is 0.270. The van der Waals surface area contributed by atoms with Gasteiger partial charge in [-0.2, -0.15) is 0 Å². The van der Waals surface area contributed by atoms with E-state index in [0.29, 0.717) is 37.2 Å². The van der Waals surface area contributed by atoms with Crippen molar-refractivity contribution in [3.8, 4) is 11.5 Å². The lowest BCUT2D eigenvalue weighted by Gasteiger charge is -2.17. The predicted molar refractivity (Wildman–Crippen MR) is 78.7 cm³/mol. The Morgan fingerprint density at radius 1 is 1.48 bits per heavy atom. The molecule has 1 saturated heterocycles. The van der Waals surface area contributed by atoms with Crippen LogP contribution in [0.1, 0.15) is 19.4 Å². The highest BCUT2D eigenvalue weighted by atomic mass is 16.6. The first-order valence-electron chi connectivity index (χ1n) is 7.06. The molecule has 1 heterocycles. The zero-order chi connectivity index (χ0) is 15.2. The number of carbonyl (C=O) groups is 1. The zero-order valence-electron chi connectivity index (χ0n) is 12.6.